The zero-order valence-electron chi connectivity index (χ0n) is 16.9. The summed E-state index contributed by atoms with van der Waals surface area (Å²) >= 11 is 0. The third-order valence-corrected chi connectivity index (χ3v) is 5.45. The van der Waals surface area contributed by atoms with Crippen LogP contribution < -0.4 is 10.0 Å². The third-order valence-electron chi connectivity index (χ3n) is 4.35. The Bertz CT molecular complexity index is 1180. The maximum absolute atomic E-state index is 12.4. The predicted molar refractivity (Wildman–Crippen MR) is 119 cm³/mol. The van der Waals surface area contributed by atoms with Crippen molar-refractivity contribution < 1.29 is 18.0 Å². The van der Waals surface area contributed by atoms with E-state index in [4.69, 9.17) is 0 Å². The van der Waals surface area contributed by atoms with Crippen molar-refractivity contribution >= 4 is 33.5 Å². The molecule has 0 spiro atoms. The summed E-state index contributed by atoms with van der Waals surface area (Å²) in [5.41, 5.74) is 1.72. The molecule has 31 heavy (non-hydrogen) atoms. The van der Waals surface area contributed by atoms with Crippen LogP contribution in [0.15, 0.2) is 72.4 Å². The minimum Gasteiger partial charge on any atom is -0.331 e. The van der Waals surface area contributed by atoms with Crippen molar-refractivity contribution in [2.45, 2.75) is 6.42 Å². The normalized spacial score (nSPS) is 11.5. The van der Waals surface area contributed by atoms with Crippen LogP contribution in [0.3, 0.4) is 0 Å². The SMILES string of the molecule is Cn1ccnc1C(=O)c1ccc(NC(=O)CCNS(=O)(=O)C=Cc2ccccc2)cc1. The number of nitrogens with zero attached hydrogens (tertiary/aromatic N) is 2. The molecule has 1 amide bonds. The van der Waals surface area contributed by atoms with E-state index in [1.165, 1.54) is 6.08 Å². The lowest BCUT2D eigenvalue weighted by molar-refractivity contribution is -0.116. The van der Waals surface area contributed by atoms with Gasteiger partial charge in [-0.15, -0.1) is 0 Å². The average molecular weight is 439 g/mol. The number of carbonyl (C=O) groups excluding carboxylic acids is 2. The Morgan fingerprint density at radius 1 is 1.06 bits per heavy atom. The average Bonchev–Trinajstić information content (AvgIpc) is 3.19. The standard InChI is InChI=1S/C22H22N4O4S/c1-26-15-14-23-22(26)21(28)18-7-9-19(10-8-18)25-20(27)11-13-24-31(29,30)16-12-17-5-3-2-4-6-17/h2-10,12,14-16,24H,11,13H2,1H3,(H,25,27). The molecule has 0 atom stereocenters. The fourth-order valence-corrected chi connectivity index (χ4v) is 3.55. The lowest BCUT2D eigenvalue weighted by Crippen LogP contribution is -2.26. The molecule has 0 unspecified atom stereocenters. The number of sulfonamides is 1. The van der Waals surface area contributed by atoms with Gasteiger partial charge in [0.2, 0.25) is 21.7 Å². The lowest BCUT2D eigenvalue weighted by Gasteiger charge is -2.07. The van der Waals surface area contributed by atoms with E-state index in [1.54, 1.807) is 60.4 Å². The molecule has 3 rings (SSSR count). The number of benzene rings is 2. The number of rotatable bonds is 9. The van der Waals surface area contributed by atoms with Gasteiger partial charge in [0.1, 0.15) is 0 Å². The molecule has 9 heteroatoms. The number of hydrogen-bond acceptors (Lipinski definition) is 5. The maximum Gasteiger partial charge on any atom is 0.233 e. The monoisotopic (exact) mass is 438 g/mol. The van der Waals surface area contributed by atoms with Crippen LogP contribution in [0.4, 0.5) is 5.69 Å². The molecule has 0 bridgehead atoms. The summed E-state index contributed by atoms with van der Waals surface area (Å²) < 4.78 is 28.0. The fraction of sp³-hybridized carbons (Fsp3) is 0.136. The molecule has 0 aliphatic rings. The van der Waals surface area contributed by atoms with Crippen LogP contribution in [0, 0.1) is 0 Å². The summed E-state index contributed by atoms with van der Waals surface area (Å²) in [6.45, 7) is -0.0387. The second-order valence-electron chi connectivity index (χ2n) is 6.72. The smallest absolute Gasteiger partial charge is 0.233 e. The molecule has 0 radical (unpaired) electrons. The molecule has 3 aromatic rings. The molecule has 0 saturated heterocycles. The molecule has 2 N–H and O–H groups in total. The summed E-state index contributed by atoms with van der Waals surface area (Å²) in [4.78, 5) is 28.5. The minimum absolute atomic E-state index is 0.0354. The summed E-state index contributed by atoms with van der Waals surface area (Å²) in [5, 5.41) is 3.74. The number of carbonyl (C=O) groups is 2. The Hall–Kier alpha value is -3.56. The largest absolute Gasteiger partial charge is 0.331 e. The molecular weight excluding hydrogens is 416 g/mol. The van der Waals surface area contributed by atoms with E-state index in [9.17, 15) is 18.0 Å². The Balaban J connectivity index is 1.48. The van der Waals surface area contributed by atoms with Crippen LogP contribution in [0.1, 0.15) is 28.2 Å². The highest BCUT2D eigenvalue weighted by molar-refractivity contribution is 7.92. The van der Waals surface area contributed by atoms with Gasteiger partial charge in [-0.2, -0.15) is 0 Å². The number of nitrogens with one attached hydrogen (secondary N) is 2. The molecule has 0 aliphatic heterocycles. The van der Waals surface area contributed by atoms with Crippen LogP contribution in [0.5, 0.6) is 0 Å². The van der Waals surface area contributed by atoms with E-state index in [-0.39, 0.29) is 24.7 Å². The molecular formula is C22H22N4O4S. The molecule has 0 aliphatic carbocycles. The Morgan fingerprint density at radius 3 is 2.42 bits per heavy atom. The van der Waals surface area contributed by atoms with Gasteiger partial charge in [0, 0.05) is 49.1 Å². The van der Waals surface area contributed by atoms with Crippen molar-refractivity contribution in [2.75, 3.05) is 11.9 Å². The molecule has 2 aromatic carbocycles. The zero-order chi connectivity index (χ0) is 22.3. The topological polar surface area (TPSA) is 110 Å². The van der Waals surface area contributed by atoms with Crippen molar-refractivity contribution in [3.63, 3.8) is 0 Å². The van der Waals surface area contributed by atoms with Crippen molar-refractivity contribution in [1.29, 1.82) is 0 Å². The Labute approximate surface area is 180 Å². The molecule has 8 nitrogen and oxygen atoms in total. The second kappa shape index (κ2) is 9.96. The van der Waals surface area contributed by atoms with Crippen LogP contribution in [-0.2, 0) is 21.9 Å². The highest BCUT2D eigenvalue weighted by atomic mass is 32.2. The maximum atomic E-state index is 12.4. The van der Waals surface area contributed by atoms with Crippen molar-refractivity contribution in [3.05, 3.63) is 89.4 Å². The summed E-state index contributed by atoms with van der Waals surface area (Å²) in [6.07, 6.45) is 4.68. The van der Waals surface area contributed by atoms with E-state index in [0.29, 0.717) is 17.1 Å². The first-order valence-corrected chi connectivity index (χ1v) is 11.0. The minimum atomic E-state index is -3.64. The number of hydrogen-bond donors (Lipinski definition) is 2. The summed E-state index contributed by atoms with van der Waals surface area (Å²) in [7, 11) is -1.91. The Morgan fingerprint density at radius 2 is 1.77 bits per heavy atom. The summed E-state index contributed by atoms with van der Waals surface area (Å²) in [5.74, 6) is -0.244. The van der Waals surface area contributed by atoms with Crippen molar-refractivity contribution in [3.8, 4) is 0 Å². The summed E-state index contributed by atoms with van der Waals surface area (Å²) in [6, 6.07) is 15.5. The number of anilines is 1. The number of aromatic nitrogens is 2. The second-order valence-corrected chi connectivity index (χ2v) is 8.37. The highest BCUT2D eigenvalue weighted by Crippen LogP contribution is 2.13. The van der Waals surface area contributed by atoms with Gasteiger partial charge in [0.05, 0.1) is 0 Å². The van der Waals surface area contributed by atoms with Crippen molar-refractivity contribution in [2.24, 2.45) is 7.05 Å². The molecule has 0 saturated carbocycles. The third kappa shape index (κ3) is 6.46. The van der Waals surface area contributed by atoms with Gasteiger partial charge < -0.3 is 9.88 Å². The van der Waals surface area contributed by atoms with Gasteiger partial charge >= 0.3 is 0 Å². The first-order chi connectivity index (χ1) is 14.8. The molecule has 1 heterocycles. The van der Waals surface area contributed by atoms with Gasteiger partial charge in [-0.25, -0.2) is 18.1 Å². The van der Waals surface area contributed by atoms with Crippen LogP contribution in [0.25, 0.3) is 6.08 Å². The van der Waals surface area contributed by atoms with E-state index < -0.39 is 10.0 Å². The van der Waals surface area contributed by atoms with Gasteiger partial charge in [0.15, 0.2) is 5.82 Å². The number of aryl methyl sites for hydroxylation is 1. The highest BCUT2D eigenvalue weighted by Gasteiger charge is 2.14. The van der Waals surface area contributed by atoms with Gasteiger partial charge in [-0.05, 0) is 35.9 Å². The van der Waals surface area contributed by atoms with Crippen LogP contribution in [0.2, 0.25) is 0 Å². The van der Waals surface area contributed by atoms with Gasteiger partial charge in [0.25, 0.3) is 0 Å². The van der Waals surface area contributed by atoms with Crippen LogP contribution in [-0.4, -0.2) is 36.2 Å². The molecule has 1 aromatic heterocycles. The molecule has 0 fully saturated rings. The van der Waals surface area contributed by atoms with E-state index in [1.807, 2.05) is 18.2 Å². The zero-order valence-corrected chi connectivity index (χ0v) is 17.7. The van der Waals surface area contributed by atoms with Crippen LogP contribution >= 0.6 is 0 Å². The van der Waals surface area contributed by atoms with E-state index in [2.05, 4.69) is 15.0 Å². The van der Waals surface area contributed by atoms with Crippen molar-refractivity contribution in [1.82, 2.24) is 14.3 Å². The van der Waals surface area contributed by atoms with Gasteiger partial charge in [-0.1, -0.05) is 30.3 Å². The quantitative estimate of drug-likeness (QED) is 0.499. The van der Waals surface area contributed by atoms with Gasteiger partial charge in [-0.3, -0.25) is 9.59 Å². The first kappa shape index (κ1) is 22.1. The number of imidazole rings is 1. The fourth-order valence-electron chi connectivity index (χ4n) is 2.73. The first-order valence-electron chi connectivity index (χ1n) is 9.49. The Kier molecular flexibility index (Phi) is 7.11. The van der Waals surface area contributed by atoms with E-state index >= 15 is 0 Å². The number of ketones is 1. The predicted octanol–water partition coefficient (Wildman–Crippen LogP) is 2.57. The lowest BCUT2D eigenvalue weighted by atomic mass is 10.1. The molecule has 160 valence electrons. The van der Waals surface area contributed by atoms with E-state index in [0.717, 1.165) is 11.0 Å². The number of amides is 1.